The van der Waals surface area contributed by atoms with Crippen molar-refractivity contribution < 1.29 is 9.59 Å². The number of thioether (sulfide) groups is 1. The van der Waals surface area contributed by atoms with Gasteiger partial charge < -0.3 is 10.6 Å². The van der Waals surface area contributed by atoms with Gasteiger partial charge in [-0.05, 0) is 67.5 Å². The predicted molar refractivity (Wildman–Crippen MR) is 145 cm³/mol. The Balaban J connectivity index is 1.37. The Morgan fingerprint density at radius 2 is 1.97 bits per heavy atom. The van der Waals surface area contributed by atoms with E-state index in [0.29, 0.717) is 22.2 Å². The predicted octanol–water partition coefficient (Wildman–Crippen LogP) is 6.52. The average molecular weight is 502 g/mol. The fourth-order valence-corrected chi connectivity index (χ4v) is 6.29. The zero-order valence-corrected chi connectivity index (χ0v) is 21.3. The Morgan fingerprint density at radius 3 is 2.74 bits per heavy atom. The summed E-state index contributed by atoms with van der Waals surface area (Å²) in [6.45, 7) is 4.07. The summed E-state index contributed by atoms with van der Waals surface area (Å²) in [5.41, 5.74) is 3.34. The fraction of sp³-hybridized carbons (Fsp3) is 0.250. The van der Waals surface area contributed by atoms with Gasteiger partial charge in [0.15, 0.2) is 0 Å². The van der Waals surface area contributed by atoms with Crippen molar-refractivity contribution in [3.05, 3.63) is 82.2 Å². The maximum atomic E-state index is 12.9. The minimum Gasteiger partial charge on any atom is -0.322 e. The molecule has 2 N–H and O–H groups in total. The molecule has 2 atom stereocenters. The number of nitrogens with zero attached hydrogens (tertiary/aromatic N) is 1. The van der Waals surface area contributed by atoms with Crippen LogP contribution in [-0.2, 0) is 22.4 Å². The normalized spacial score (nSPS) is 15.7. The molecule has 1 heterocycles. The first-order chi connectivity index (χ1) is 16.9. The second kappa shape index (κ2) is 11.4. The van der Waals surface area contributed by atoms with Crippen molar-refractivity contribution in [3.8, 4) is 6.07 Å². The van der Waals surface area contributed by atoms with Crippen LogP contribution in [0.15, 0.2) is 65.6 Å². The highest BCUT2D eigenvalue weighted by molar-refractivity contribution is 8.00. The second-order valence-corrected chi connectivity index (χ2v) is 11.2. The number of nitrogens with one attached hydrogen (secondary N) is 2. The number of hydrogen-bond donors (Lipinski definition) is 2. The third kappa shape index (κ3) is 6.41. The van der Waals surface area contributed by atoms with E-state index in [9.17, 15) is 14.9 Å². The number of fused-ring (bicyclic) bond motifs is 1. The molecule has 5 nitrogen and oxygen atoms in total. The van der Waals surface area contributed by atoms with E-state index in [1.165, 1.54) is 34.1 Å². The van der Waals surface area contributed by atoms with Crippen LogP contribution in [0.1, 0.15) is 41.8 Å². The van der Waals surface area contributed by atoms with Gasteiger partial charge in [0.05, 0.1) is 10.8 Å². The van der Waals surface area contributed by atoms with Crippen molar-refractivity contribution in [2.24, 2.45) is 5.92 Å². The third-order valence-corrected chi connectivity index (χ3v) is 8.13. The lowest BCUT2D eigenvalue weighted by molar-refractivity contribution is -0.115. The Bertz CT molecular complexity index is 1290. The van der Waals surface area contributed by atoms with Gasteiger partial charge >= 0.3 is 0 Å². The monoisotopic (exact) mass is 501 g/mol. The van der Waals surface area contributed by atoms with Gasteiger partial charge in [-0.2, -0.15) is 5.26 Å². The van der Waals surface area contributed by atoms with Gasteiger partial charge in [0.2, 0.25) is 11.8 Å². The lowest BCUT2D eigenvalue weighted by Crippen LogP contribution is -2.22. The lowest BCUT2D eigenvalue weighted by atomic mass is 9.89. The standard InChI is InChI=1S/C28H27N3O2S2/c1-18-11-13-23-24(17-29)28(35-25(23)15-18)31-27(33)19(2)34-22-10-6-9-21(16-22)30-26(32)14-12-20-7-4-3-5-8-20/h3-10,12,14,16,18-19H,11,13,15H2,1-2H3,(H,30,32)(H,31,33)/b14-12+. The maximum Gasteiger partial charge on any atom is 0.248 e. The van der Waals surface area contributed by atoms with Crippen molar-refractivity contribution >= 4 is 51.7 Å². The van der Waals surface area contributed by atoms with Crippen molar-refractivity contribution in [2.75, 3.05) is 10.6 Å². The first-order valence-corrected chi connectivity index (χ1v) is 13.3. The Labute approximate surface area is 214 Å². The number of carbonyl (C=O) groups excluding carboxylic acids is 2. The molecule has 0 radical (unpaired) electrons. The molecule has 7 heteroatoms. The molecular weight excluding hydrogens is 474 g/mol. The quantitative estimate of drug-likeness (QED) is 0.285. The third-order valence-electron chi connectivity index (χ3n) is 5.87. The zero-order chi connectivity index (χ0) is 24.8. The molecule has 35 heavy (non-hydrogen) atoms. The van der Waals surface area contributed by atoms with E-state index in [-0.39, 0.29) is 17.1 Å². The van der Waals surface area contributed by atoms with Crippen LogP contribution in [0.4, 0.5) is 10.7 Å². The van der Waals surface area contributed by atoms with Crippen LogP contribution in [-0.4, -0.2) is 17.1 Å². The highest BCUT2D eigenvalue weighted by Gasteiger charge is 2.25. The van der Waals surface area contributed by atoms with E-state index < -0.39 is 0 Å². The number of rotatable bonds is 7. The molecule has 2 amide bonds. The largest absolute Gasteiger partial charge is 0.322 e. The van der Waals surface area contributed by atoms with Crippen molar-refractivity contribution in [3.63, 3.8) is 0 Å². The number of amides is 2. The first-order valence-electron chi connectivity index (χ1n) is 11.6. The summed E-state index contributed by atoms with van der Waals surface area (Å²) in [7, 11) is 0. The van der Waals surface area contributed by atoms with Crippen LogP contribution in [0.5, 0.6) is 0 Å². The van der Waals surface area contributed by atoms with Gasteiger partial charge in [0.25, 0.3) is 0 Å². The fourth-order valence-electron chi connectivity index (χ4n) is 4.00. The Morgan fingerprint density at radius 1 is 1.17 bits per heavy atom. The molecule has 3 aromatic rings. The highest BCUT2D eigenvalue weighted by Crippen LogP contribution is 2.39. The number of anilines is 2. The molecule has 2 unspecified atom stereocenters. The highest BCUT2D eigenvalue weighted by atomic mass is 32.2. The number of benzene rings is 2. The summed E-state index contributed by atoms with van der Waals surface area (Å²) in [5.74, 6) is 0.243. The van der Waals surface area contributed by atoms with Gasteiger partial charge in [-0.15, -0.1) is 23.1 Å². The molecule has 178 valence electrons. The van der Waals surface area contributed by atoms with Crippen molar-refractivity contribution in [2.45, 2.75) is 43.3 Å². The summed E-state index contributed by atoms with van der Waals surface area (Å²) in [6.07, 6.45) is 6.20. The van der Waals surface area contributed by atoms with E-state index in [1.54, 1.807) is 6.08 Å². The molecule has 0 fully saturated rings. The minimum atomic E-state index is -0.372. The number of nitriles is 1. The molecule has 1 aromatic heterocycles. The van der Waals surface area contributed by atoms with E-state index in [4.69, 9.17) is 0 Å². The van der Waals surface area contributed by atoms with Crippen LogP contribution in [0.3, 0.4) is 0 Å². The SMILES string of the molecule is CC1CCc2c(sc(NC(=O)C(C)Sc3cccc(NC(=O)/C=C/c4ccccc4)c3)c2C#N)C1. The van der Waals surface area contributed by atoms with Gasteiger partial charge in [-0.3, -0.25) is 9.59 Å². The summed E-state index contributed by atoms with van der Waals surface area (Å²) in [6, 6.07) is 19.4. The zero-order valence-electron chi connectivity index (χ0n) is 19.7. The smallest absolute Gasteiger partial charge is 0.248 e. The van der Waals surface area contributed by atoms with Crippen molar-refractivity contribution in [1.82, 2.24) is 0 Å². The van der Waals surface area contributed by atoms with Gasteiger partial charge in [-0.1, -0.05) is 43.3 Å². The molecule has 1 aliphatic rings. The van der Waals surface area contributed by atoms with E-state index in [1.807, 2.05) is 61.5 Å². The molecule has 0 saturated carbocycles. The van der Waals surface area contributed by atoms with Crippen LogP contribution in [0.25, 0.3) is 6.08 Å². The summed E-state index contributed by atoms with van der Waals surface area (Å²) in [5, 5.41) is 15.8. The summed E-state index contributed by atoms with van der Waals surface area (Å²) in [4.78, 5) is 27.3. The van der Waals surface area contributed by atoms with Gasteiger partial charge in [-0.25, -0.2) is 0 Å². The van der Waals surface area contributed by atoms with Crippen LogP contribution in [0, 0.1) is 17.2 Å². The minimum absolute atomic E-state index is 0.140. The second-order valence-electron chi connectivity index (χ2n) is 8.68. The number of carbonyl (C=O) groups is 2. The molecule has 2 aromatic carbocycles. The van der Waals surface area contributed by atoms with E-state index in [0.717, 1.165) is 35.3 Å². The topological polar surface area (TPSA) is 82.0 Å². The summed E-state index contributed by atoms with van der Waals surface area (Å²) < 4.78 is 0. The maximum absolute atomic E-state index is 12.9. The average Bonchev–Trinajstić information content (AvgIpc) is 3.19. The lowest BCUT2D eigenvalue weighted by Gasteiger charge is -2.17. The van der Waals surface area contributed by atoms with Gasteiger partial charge in [0, 0.05) is 21.5 Å². The van der Waals surface area contributed by atoms with Gasteiger partial charge in [0.1, 0.15) is 11.1 Å². The van der Waals surface area contributed by atoms with E-state index >= 15 is 0 Å². The molecule has 0 saturated heterocycles. The molecule has 0 aliphatic heterocycles. The van der Waals surface area contributed by atoms with Crippen LogP contribution < -0.4 is 10.6 Å². The molecule has 4 rings (SSSR count). The molecule has 1 aliphatic carbocycles. The van der Waals surface area contributed by atoms with Crippen molar-refractivity contribution in [1.29, 1.82) is 5.26 Å². The first kappa shape index (κ1) is 24.8. The Kier molecular flexibility index (Phi) is 8.06. The van der Waals surface area contributed by atoms with E-state index in [2.05, 4.69) is 23.6 Å². The summed E-state index contributed by atoms with van der Waals surface area (Å²) >= 11 is 2.95. The number of thiophene rings is 1. The molecular formula is C28H27N3O2S2. The molecule has 0 bridgehead atoms. The van der Waals surface area contributed by atoms with Crippen LogP contribution >= 0.6 is 23.1 Å². The number of hydrogen-bond acceptors (Lipinski definition) is 5. The Hall–Kier alpha value is -3.34. The molecule has 0 spiro atoms. The van der Waals surface area contributed by atoms with Crippen LogP contribution in [0.2, 0.25) is 0 Å².